The van der Waals surface area contributed by atoms with E-state index < -0.39 is 0 Å². The zero-order chi connectivity index (χ0) is 38.9. The minimum absolute atomic E-state index is 0.681. The van der Waals surface area contributed by atoms with Gasteiger partial charge in [-0.1, -0.05) is 133 Å². The van der Waals surface area contributed by atoms with Gasteiger partial charge in [0.2, 0.25) is 0 Å². The lowest BCUT2D eigenvalue weighted by Gasteiger charge is -2.13. The molecular formula is C54H35N5. The summed E-state index contributed by atoms with van der Waals surface area (Å²) in [6.45, 7) is 0. The van der Waals surface area contributed by atoms with Gasteiger partial charge in [0.15, 0.2) is 5.82 Å². The Morgan fingerprint density at radius 1 is 0.339 bits per heavy atom. The Morgan fingerprint density at radius 3 is 1.66 bits per heavy atom. The fourth-order valence-electron chi connectivity index (χ4n) is 8.99. The normalized spacial score (nSPS) is 11.7. The molecule has 12 aromatic rings. The quantitative estimate of drug-likeness (QED) is 0.170. The first-order valence-corrected chi connectivity index (χ1v) is 20.0. The zero-order valence-corrected chi connectivity index (χ0v) is 31.9. The highest BCUT2D eigenvalue weighted by Crippen LogP contribution is 2.43. The second-order valence-electron chi connectivity index (χ2n) is 15.1. The van der Waals surface area contributed by atoms with Crippen LogP contribution < -0.4 is 0 Å². The van der Waals surface area contributed by atoms with Crippen LogP contribution in [0.3, 0.4) is 0 Å². The van der Waals surface area contributed by atoms with Gasteiger partial charge in [-0.05, 0) is 72.8 Å². The van der Waals surface area contributed by atoms with Crippen molar-refractivity contribution in [2.24, 2.45) is 0 Å². The molecule has 0 atom stereocenters. The topological polar surface area (TPSA) is 40.6 Å². The molecular weight excluding hydrogens is 719 g/mol. The molecule has 0 spiro atoms. The molecule has 0 radical (unpaired) electrons. The van der Waals surface area contributed by atoms with E-state index in [1.54, 1.807) is 0 Å². The molecule has 4 aromatic heterocycles. The van der Waals surface area contributed by atoms with E-state index >= 15 is 0 Å². The number of hydrogen-bond acceptors (Lipinski definition) is 2. The lowest BCUT2D eigenvalue weighted by atomic mass is 10.1. The number of rotatable bonds is 6. The summed E-state index contributed by atoms with van der Waals surface area (Å²) in [4.78, 5) is 10.4. The van der Waals surface area contributed by atoms with E-state index in [9.17, 15) is 0 Å². The Bertz CT molecular complexity index is 3470. The fraction of sp³-hybridized carbons (Fsp3) is 0. The Labute approximate surface area is 340 Å². The molecule has 0 unspecified atom stereocenters. The van der Waals surface area contributed by atoms with E-state index in [2.05, 4.69) is 214 Å². The lowest BCUT2D eigenvalue weighted by molar-refractivity contribution is 1.13. The molecule has 0 bridgehead atoms. The second kappa shape index (κ2) is 13.3. The number of para-hydroxylation sites is 3. The first-order chi connectivity index (χ1) is 29.3. The van der Waals surface area contributed by atoms with Crippen molar-refractivity contribution in [3.05, 3.63) is 212 Å². The number of benzene rings is 8. The maximum atomic E-state index is 5.22. The highest BCUT2D eigenvalue weighted by atomic mass is 15.0. The molecule has 5 heteroatoms. The van der Waals surface area contributed by atoms with Crippen molar-refractivity contribution in [3.8, 4) is 51.0 Å². The zero-order valence-electron chi connectivity index (χ0n) is 31.9. The van der Waals surface area contributed by atoms with Crippen molar-refractivity contribution < 1.29 is 0 Å². The summed E-state index contributed by atoms with van der Waals surface area (Å²) >= 11 is 0. The smallest absolute Gasteiger partial charge is 0.160 e. The van der Waals surface area contributed by atoms with Crippen LogP contribution in [0.1, 0.15) is 0 Å². The Balaban J connectivity index is 1.16. The molecule has 0 amide bonds. The van der Waals surface area contributed by atoms with Gasteiger partial charge in [0, 0.05) is 66.9 Å². The molecule has 0 N–H and O–H groups in total. The number of nitrogens with zero attached hydrogens (tertiary/aromatic N) is 5. The minimum atomic E-state index is 0.681. The highest BCUT2D eigenvalue weighted by molar-refractivity contribution is 6.27. The lowest BCUT2D eigenvalue weighted by Crippen LogP contribution is -1.98. The Hall–Kier alpha value is -8.02. The molecule has 4 heterocycles. The third-order valence-electron chi connectivity index (χ3n) is 11.7. The average Bonchev–Trinajstić information content (AvgIpc) is 3.99. The largest absolute Gasteiger partial charge is 0.317 e. The van der Waals surface area contributed by atoms with Crippen LogP contribution in [0.25, 0.3) is 105 Å². The van der Waals surface area contributed by atoms with E-state index in [4.69, 9.17) is 9.97 Å². The molecule has 0 aliphatic carbocycles. The van der Waals surface area contributed by atoms with Crippen LogP contribution in [0, 0.1) is 0 Å². The van der Waals surface area contributed by atoms with Gasteiger partial charge in [-0.3, -0.25) is 0 Å². The standard InChI is InChI=1S/C54H35N5/c1-5-16-36(17-6-1)46-35-47(37-18-7-2-8-19-37)56-54(55-46)39-20-15-25-42(32-39)59-51-33-38-30-31-57(40-21-9-3-10-22-40)50(38)34-45(51)43-28-29-49-52(53(43)59)44-26-13-14-27-48(44)58(49)41-23-11-4-12-24-41/h1-35H. The van der Waals surface area contributed by atoms with Gasteiger partial charge in [-0.2, -0.15) is 0 Å². The van der Waals surface area contributed by atoms with E-state index in [1.165, 1.54) is 43.5 Å². The molecule has 59 heavy (non-hydrogen) atoms. The molecule has 8 aromatic carbocycles. The van der Waals surface area contributed by atoms with Gasteiger partial charge >= 0.3 is 0 Å². The molecule has 0 saturated carbocycles. The summed E-state index contributed by atoms with van der Waals surface area (Å²) < 4.78 is 7.16. The van der Waals surface area contributed by atoms with Crippen LogP contribution in [0.15, 0.2) is 212 Å². The summed E-state index contributed by atoms with van der Waals surface area (Å²) in [6.07, 6.45) is 2.18. The number of aromatic nitrogens is 5. The summed E-state index contributed by atoms with van der Waals surface area (Å²) in [5, 5.41) is 6.00. The summed E-state index contributed by atoms with van der Waals surface area (Å²) in [6, 6.07) is 73.3. The SMILES string of the molecule is c1ccc(-c2cc(-c3ccccc3)nc(-c3cccc(-n4c5cc6ccn(-c7ccccc7)c6cc5c5ccc6c(c7ccccc7n6-c6ccccc6)c54)c3)n2)cc1. The van der Waals surface area contributed by atoms with E-state index in [-0.39, 0.29) is 0 Å². The van der Waals surface area contributed by atoms with Gasteiger partial charge in [0.25, 0.3) is 0 Å². The third-order valence-corrected chi connectivity index (χ3v) is 11.7. The molecule has 5 nitrogen and oxygen atoms in total. The summed E-state index contributed by atoms with van der Waals surface area (Å²) in [5.74, 6) is 0.681. The fourth-order valence-corrected chi connectivity index (χ4v) is 8.99. The van der Waals surface area contributed by atoms with Crippen molar-refractivity contribution in [2.75, 3.05) is 0 Å². The van der Waals surface area contributed by atoms with Crippen LogP contribution in [0.5, 0.6) is 0 Å². The van der Waals surface area contributed by atoms with Crippen molar-refractivity contribution >= 4 is 54.5 Å². The van der Waals surface area contributed by atoms with E-state index in [0.29, 0.717) is 5.82 Å². The van der Waals surface area contributed by atoms with Crippen molar-refractivity contribution in [2.45, 2.75) is 0 Å². The maximum absolute atomic E-state index is 5.22. The molecule has 0 saturated heterocycles. The second-order valence-corrected chi connectivity index (χ2v) is 15.1. The van der Waals surface area contributed by atoms with Gasteiger partial charge in [0.05, 0.1) is 39.0 Å². The average molecular weight is 754 g/mol. The summed E-state index contributed by atoms with van der Waals surface area (Å²) in [7, 11) is 0. The van der Waals surface area contributed by atoms with Crippen LogP contribution in [-0.4, -0.2) is 23.7 Å². The predicted octanol–water partition coefficient (Wildman–Crippen LogP) is 13.6. The minimum Gasteiger partial charge on any atom is -0.317 e. The van der Waals surface area contributed by atoms with Gasteiger partial charge < -0.3 is 13.7 Å². The molecule has 12 rings (SSSR count). The van der Waals surface area contributed by atoms with Crippen LogP contribution >= 0.6 is 0 Å². The van der Waals surface area contributed by atoms with Gasteiger partial charge in [-0.15, -0.1) is 0 Å². The van der Waals surface area contributed by atoms with E-state index in [1.807, 2.05) is 12.1 Å². The molecule has 0 aliphatic heterocycles. The van der Waals surface area contributed by atoms with Crippen molar-refractivity contribution in [3.63, 3.8) is 0 Å². The van der Waals surface area contributed by atoms with Crippen LogP contribution in [0.2, 0.25) is 0 Å². The van der Waals surface area contributed by atoms with Crippen LogP contribution in [0.4, 0.5) is 0 Å². The van der Waals surface area contributed by atoms with Crippen molar-refractivity contribution in [1.29, 1.82) is 0 Å². The first kappa shape index (κ1) is 33.2. The number of fused-ring (bicyclic) bond motifs is 8. The Morgan fingerprint density at radius 2 is 0.949 bits per heavy atom. The number of hydrogen-bond donors (Lipinski definition) is 0. The van der Waals surface area contributed by atoms with Crippen LogP contribution in [-0.2, 0) is 0 Å². The molecule has 276 valence electrons. The molecule has 0 aliphatic rings. The molecule has 0 fully saturated rings. The van der Waals surface area contributed by atoms with Gasteiger partial charge in [-0.25, -0.2) is 9.97 Å². The first-order valence-electron chi connectivity index (χ1n) is 20.0. The van der Waals surface area contributed by atoms with Gasteiger partial charge in [0.1, 0.15) is 0 Å². The predicted molar refractivity (Wildman–Crippen MR) is 244 cm³/mol. The van der Waals surface area contributed by atoms with E-state index in [0.717, 1.165) is 56.2 Å². The third kappa shape index (κ3) is 5.33. The highest BCUT2D eigenvalue weighted by Gasteiger charge is 2.22. The monoisotopic (exact) mass is 753 g/mol. The maximum Gasteiger partial charge on any atom is 0.160 e. The Kier molecular flexibility index (Phi) is 7.47. The summed E-state index contributed by atoms with van der Waals surface area (Å²) in [5.41, 5.74) is 14.0. The van der Waals surface area contributed by atoms with Crippen molar-refractivity contribution in [1.82, 2.24) is 23.7 Å².